The average Bonchev–Trinajstić information content (AvgIpc) is 3.26. The van der Waals surface area contributed by atoms with Gasteiger partial charge in [0, 0.05) is 44.5 Å². The van der Waals surface area contributed by atoms with Crippen LogP contribution in [0, 0.1) is 5.41 Å². The zero-order chi connectivity index (χ0) is 29.3. The summed E-state index contributed by atoms with van der Waals surface area (Å²) in [6, 6.07) is 24.0. The van der Waals surface area contributed by atoms with Crippen molar-refractivity contribution in [1.82, 2.24) is 20.5 Å². The maximum absolute atomic E-state index is 14.3. The predicted octanol–water partition coefficient (Wildman–Crippen LogP) is 3.37. The van der Waals surface area contributed by atoms with Crippen LogP contribution in [0.25, 0.3) is 0 Å². The number of carbonyl (C=O) groups is 3. The molecule has 2 N–H and O–H groups in total. The second kappa shape index (κ2) is 11.7. The Balaban J connectivity index is 1.25. The molecule has 3 atom stereocenters. The molecule has 3 aromatic carbocycles. The Bertz CT molecular complexity index is 1530. The van der Waals surface area contributed by atoms with E-state index in [1.54, 1.807) is 24.1 Å². The molecule has 0 aromatic heterocycles. The summed E-state index contributed by atoms with van der Waals surface area (Å²) in [5.74, 6) is -0.530. The number of fused-ring (bicyclic) bond motifs is 2. The summed E-state index contributed by atoms with van der Waals surface area (Å²) < 4.78 is 0. The highest BCUT2D eigenvalue weighted by molar-refractivity contribution is 6.30. The van der Waals surface area contributed by atoms with Crippen molar-refractivity contribution in [2.75, 3.05) is 20.1 Å². The summed E-state index contributed by atoms with van der Waals surface area (Å²) in [4.78, 5) is 43.2. The zero-order valence-electron chi connectivity index (χ0n) is 23.6. The van der Waals surface area contributed by atoms with Gasteiger partial charge < -0.3 is 15.5 Å². The van der Waals surface area contributed by atoms with E-state index in [9.17, 15) is 14.4 Å². The summed E-state index contributed by atoms with van der Waals surface area (Å²) in [6.45, 7) is 1.23. The predicted molar refractivity (Wildman–Crippen MR) is 162 cm³/mol. The molecular formula is C33H34ClN5O3. The fourth-order valence-corrected chi connectivity index (χ4v) is 6.53. The van der Waals surface area contributed by atoms with E-state index in [1.807, 2.05) is 60.7 Å². The number of amides is 3. The Morgan fingerprint density at radius 1 is 1.02 bits per heavy atom. The third kappa shape index (κ3) is 5.56. The Hall–Kier alpha value is -4.01. The van der Waals surface area contributed by atoms with Crippen LogP contribution in [0.1, 0.15) is 28.7 Å². The number of hydrogen-bond donors (Lipinski definition) is 2. The summed E-state index contributed by atoms with van der Waals surface area (Å²) in [5.41, 5.74) is 4.09. The first-order chi connectivity index (χ1) is 20.3. The van der Waals surface area contributed by atoms with Crippen LogP contribution >= 0.6 is 11.6 Å². The van der Waals surface area contributed by atoms with Gasteiger partial charge in [-0.1, -0.05) is 78.3 Å². The highest BCUT2D eigenvalue weighted by atomic mass is 35.5. The number of nitrogens with one attached hydrogen (secondary N) is 2. The van der Waals surface area contributed by atoms with Gasteiger partial charge in [-0.2, -0.15) is 5.10 Å². The fourth-order valence-electron chi connectivity index (χ4n) is 6.40. The molecule has 0 aliphatic carbocycles. The molecule has 3 aliphatic rings. The minimum atomic E-state index is -0.923. The number of piperidine rings is 1. The number of rotatable bonds is 7. The maximum atomic E-state index is 14.3. The highest BCUT2D eigenvalue weighted by Crippen LogP contribution is 2.38. The van der Waals surface area contributed by atoms with Crippen molar-refractivity contribution < 1.29 is 14.4 Å². The standard InChI is InChI=1S/C33H34ClN5O3/c1-38-32(42)33(19-23-7-3-2-4-8-23)21-39(16-15-29(33)37-38)31(41)28(17-22-11-13-26(34)14-12-22)36-30(40)27-18-24-9-5-6-10-25(24)20-35-27/h2-14,27-28,35H,15-21H2,1H3,(H,36,40)/t27-,28+,33+/m0/s1. The van der Waals surface area contributed by atoms with Gasteiger partial charge in [-0.25, -0.2) is 5.01 Å². The molecule has 1 fully saturated rings. The van der Waals surface area contributed by atoms with E-state index < -0.39 is 17.5 Å². The number of hydrazone groups is 1. The minimum absolute atomic E-state index is 0.109. The van der Waals surface area contributed by atoms with Gasteiger partial charge in [0.05, 0.1) is 11.8 Å². The van der Waals surface area contributed by atoms with Gasteiger partial charge in [-0.15, -0.1) is 0 Å². The largest absolute Gasteiger partial charge is 0.343 e. The van der Waals surface area contributed by atoms with Gasteiger partial charge in [0.1, 0.15) is 11.5 Å². The molecule has 0 unspecified atom stereocenters. The van der Waals surface area contributed by atoms with Gasteiger partial charge in [-0.3, -0.25) is 14.4 Å². The van der Waals surface area contributed by atoms with E-state index in [4.69, 9.17) is 11.6 Å². The Labute approximate surface area is 250 Å². The van der Waals surface area contributed by atoms with Crippen molar-refractivity contribution in [1.29, 1.82) is 0 Å². The molecule has 216 valence electrons. The Morgan fingerprint density at radius 2 is 1.74 bits per heavy atom. The Kier molecular flexibility index (Phi) is 7.84. The number of halogens is 1. The molecule has 8 nitrogen and oxygen atoms in total. The van der Waals surface area contributed by atoms with E-state index in [0.717, 1.165) is 22.4 Å². The monoisotopic (exact) mass is 583 g/mol. The van der Waals surface area contributed by atoms with Gasteiger partial charge in [0.25, 0.3) is 5.91 Å². The van der Waals surface area contributed by atoms with Crippen LogP contribution in [-0.2, 0) is 40.2 Å². The molecular weight excluding hydrogens is 550 g/mol. The van der Waals surface area contributed by atoms with Crippen LogP contribution in [0.4, 0.5) is 0 Å². The molecule has 3 amide bonds. The smallest absolute Gasteiger partial charge is 0.256 e. The van der Waals surface area contributed by atoms with E-state index in [1.165, 1.54) is 10.6 Å². The lowest BCUT2D eigenvalue weighted by Crippen LogP contribution is -2.60. The summed E-state index contributed by atoms with van der Waals surface area (Å²) in [6.07, 6.45) is 1.81. The molecule has 0 spiro atoms. The van der Waals surface area contributed by atoms with Crippen molar-refractivity contribution in [2.45, 2.75) is 44.3 Å². The van der Waals surface area contributed by atoms with E-state index in [-0.39, 0.29) is 24.3 Å². The maximum Gasteiger partial charge on any atom is 0.256 e. The fraction of sp³-hybridized carbons (Fsp3) is 0.333. The molecule has 1 saturated heterocycles. The highest BCUT2D eigenvalue weighted by Gasteiger charge is 2.53. The van der Waals surface area contributed by atoms with Gasteiger partial charge in [0.2, 0.25) is 11.8 Å². The quantitative estimate of drug-likeness (QED) is 0.446. The first-order valence-electron chi connectivity index (χ1n) is 14.4. The third-order valence-electron chi connectivity index (χ3n) is 8.63. The first kappa shape index (κ1) is 28.1. The lowest BCUT2D eigenvalue weighted by molar-refractivity contribution is -0.142. The van der Waals surface area contributed by atoms with Crippen molar-refractivity contribution in [3.63, 3.8) is 0 Å². The van der Waals surface area contributed by atoms with E-state index in [0.29, 0.717) is 43.8 Å². The molecule has 0 saturated carbocycles. The van der Waals surface area contributed by atoms with E-state index >= 15 is 0 Å². The normalized spacial score (nSPS) is 22.2. The minimum Gasteiger partial charge on any atom is -0.343 e. The average molecular weight is 584 g/mol. The van der Waals surface area contributed by atoms with Crippen LogP contribution < -0.4 is 10.6 Å². The van der Waals surface area contributed by atoms with Crippen molar-refractivity contribution in [3.8, 4) is 0 Å². The summed E-state index contributed by atoms with van der Waals surface area (Å²) in [5, 5.41) is 13.0. The van der Waals surface area contributed by atoms with Crippen LogP contribution in [0.5, 0.6) is 0 Å². The molecule has 3 aliphatic heterocycles. The number of benzene rings is 3. The number of carbonyl (C=O) groups excluding carboxylic acids is 3. The van der Waals surface area contributed by atoms with Crippen LogP contribution in [0.15, 0.2) is 84.0 Å². The van der Waals surface area contributed by atoms with Crippen molar-refractivity contribution in [3.05, 3.63) is 106 Å². The van der Waals surface area contributed by atoms with Gasteiger partial charge in [0.15, 0.2) is 0 Å². The van der Waals surface area contributed by atoms with Crippen LogP contribution in [-0.4, -0.2) is 65.6 Å². The number of hydrogen-bond acceptors (Lipinski definition) is 5. The molecule has 42 heavy (non-hydrogen) atoms. The van der Waals surface area contributed by atoms with Crippen LogP contribution in [0.3, 0.4) is 0 Å². The topological polar surface area (TPSA) is 94.1 Å². The number of nitrogens with zero attached hydrogens (tertiary/aromatic N) is 3. The van der Waals surface area contributed by atoms with Crippen LogP contribution in [0.2, 0.25) is 5.02 Å². The Morgan fingerprint density at radius 3 is 2.50 bits per heavy atom. The SMILES string of the molecule is CN1N=C2CCN(C(=O)[C@@H](Cc3ccc(Cl)cc3)NC(=O)[C@@H]3Cc4ccccc4CN3)C[C@@]2(Cc2ccccc2)C1=O. The molecule has 3 heterocycles. The molecule has 0 radical (unpaired) electrons. The second-order valence-corrected chi connectivity index (χ2v) is 11.9. The molecule has 6 rings (SSSR count). The number of likely N-dealkylation sites (tertiary alicyclic amines) is 1. The third-order valence-corrected chi connectivity index (χ3v) is 8.88. The second-order valence-electron chi connectivity index (χ2n) is 11.4. The lowest BCUT2D eigenvalue weighted by atomic mass is 9.73. The first-order valence-corrected chi connectivity index (χ1v) is 14.7. The molecule has 3 aromatic rings. The summed E-state index contributed by atoms with van der Waals surface area (Å²) >= 11 is 6.12. The summed E-state index contributed by atoms with van der Waals surface area (Å²) in [7, 11) is 1.67. The van der Waals surface area contributed by atoms with E-state index in [2.05, 4.69) is 21.8 Å². The molecule has 0 bridgehead atoms. The van der Waals surface area contributed by atoms with Gasteiger partial charge in [-0.05, 0) is 47.2 Å². The van der Waals surface area contributed by atoms with Crippen molar-refractivity contribution >= 4 is 35.0 Å². The lowest BCUT2D eigenvalue weighted by Gasteiger charge is -2.41. The zero-order valence-corrected chi connectivity index (χ0v) is 24.3. The van der Waals surface area contributed by atoms with Crippen molar-refractivity contribution in [2.24, 2.45) is 10.5 Å². The van der Waals surface area contributed by atoms with Gasteiger partial charge >= 0.3 is 0 Å². The molecule has 9 heteroatoms.